The molecular formula is C20H21FN2O4S2. The zero-order valence-corrected chi connectivity index (χ0v) is 17.9. The van der Waals surface area contributed by atoms with Gasteiger partial charge < -0.3 is 9.14 Å². The van der Waals surface area contributed by atoms with Gasteiger partial charge in [-0.3, -0.25) is 4.79 Å². The second-order valence-electron chi connectivity index (χ2n) is 6.27. The smallest absolute Gasteiger partial charge is 0.310 e. The number of fused-ring (bicyclic) bond motifs is 1. The lowest BCUT2D eigenvalue weighted by Gasteiger charge is -2.06. The average molecular weight is 437 g/mol. The molecule has 0 atom stereocenters. The topological polar surface area (TPSA) is 76.9 Å². The summed E-state index contributed by atoms with van der Waals surface area (Å²) >= 11 is 1.37. The van der Waals surface area contributed by atoms with Gasteiger partial charge in [0, 0.05) is 11.1 Å². The molecule has 0 aliphatic heterocycles. The van der Waals surface area contributed by atoms with Crippen molar-refractivity contribution in [2.75, 3.05) is 13.7 Å². The van der Waals surface area contributed by atoms with Crippen LogP contribution < -0.4 is 4.72 Å². The Labute approximate surface area is 173 Å². The Bertz CT molecular complexity index is 1160. The van der Waals surface area contributed by atoms with Crippen LogP contribution in [0, 0.1) is 12.7 Å². The molecule has 29 heavy (non-hydrogen) atoms. The monoisotopic (exact) mass is 436 g/mol. The lowest BCUT2D eigenvalue weighted by atomic mass is 10.1. The van der Waals surface area contributed by atoms with Crippen molar-refractivity contribution >= 4 is 33.3 Å². The summed E-state index contributed by atoms with van der Waals surface area (Å²) in [4.78, 5) is 13.0. The van der Waals surface area contributed by atoms with Crippen molar-refractivity contribution in [2.45, 2.75) is 35.1 Å². The number of aromatic nitrogens is 1. The van der Waals surface area contributed by atoms with E-state index in [1.54, 1.807) is 29.5 Å². The summed E-state index contributed by atoms with van der Waals surface area (Å²) in [5.74, 6) is -0.738. The minimum atomic E-state index is -3.52. The molecule has 1 N–H and O–H groups in total. The van der Waals surface area contributed by atoms with E-state index in [9.17, 15) is 17.6 Å². The van der Waals surface area contributed by atoms with Crippen molar-refractivity contribution < 1.29 is 22.3 Å². The third kappa shape index (κ3) is 4.47. The number of ether oxygens (including phenoxy) is 1. The fraction of sp³-hybridized carbons (Fsp3) is 0.250. The van der Waals surface area contributed by atoms with Crippen LogP contribution in [0.3, 0.4) is 0 Å². The lowest BCUT2D eigenvalue weighted by molar-refractivity contribution is -0.142. The highest BCUT2D eigenvalue weighted by Gasteiger charge is 2.20. The van der Waals surface area contributed by atoms with Gasteiger partial charge in [-0.25, -0.2) is 17.5 Å². The van der Waals surface area contributed by atoms with Crippen molar-refractivity contribution in [3.63, 3.8) is 0 Å². The summed E-state index contributed by atoms with van der Waals surface area (Å²) in [6.45, 7) is 3.92. The average Bonchev–Trinajstić information content (AvgIpc) is 2.93. The Balaban J connectivity index is 2.02. The number of sulfonamides is 1. The Morgan fingerprint density at radius 3 is 2.52 bits per heavy atom. The molecule has 0 aliphatic carbocycles. The number of hydrogen-bond donors (Lipinski definition) is 1. The van der Waals surface area contributed by atoms with Crippen LogP contribution >= 0.6 is 11.8 Å². The maximum Gasteiger partial charge on any atom is 0.310 e. The Kier molecular flexibility index (Phi) is 6.30. The van der Waals surface area contributed by atoms with Gasteiger partial charge in [-0.15, -0.1) is 0 Å². The number of rotatable bonds is 7. The Morgan fingerprint density at radius 1 is 1.21 bits per heavy atom. The van der Waals surface area contributed by atoms with Crippen molar-refractivity contribution in [3.05, 3.63) is 59.5 Å². The van der Waals surface area contributed by atoms with E-state index in [0.717, 1.165) is 26.6 Å². The minimum Gasteiger partial charge on any atom is -0.466 e. The van der Waals surface area contributed by atoms with Crippen LogP contribution in [0.1, 0.15) is 18.1 Å². The third-order valence-electron chi connectivity index (χ3n) is 4.46. The van der Waals surface area contributed by atoms with Gasteiger partial charge in [0.1, 0.15) is 5.82 Å². The molecule has 154 valence electrons. The first kappa shape index (κ1) is 21.4. The van der Waals surface area contributed by atoms with E-state index >= 15 is 0 Å². The van der Waals surface area contributed by atoms with E-state index in [-0.39, 0.29) is 17.3 Å². The third-order valence-corrected chi connectivity index (χ3v) is 7.09. The number of nitrogens with zero attached hydrogens (tertiary/aromatic N) is 1. The van der Waals surface area contributed by atoms with E-state index in [1.165, 1.54) is 43.2 Å². The van der Waals surface area contributed by atoms with Crippen LogP contribution in [-0.4, -0.2) is 32.4 Å². The molecule has 2 aromatic heterocycles. The lowest BCUT2D eigenvalue weighted by Crippen LogP contribution is -2.18. The maximum absolute atomic E-state index is 13.9. The first-order valence-electron chi connectivity index (χ1n) is 8.93. The first-order valence-corrected chi connectivity index (χ1v) is 11.2. The summed E-state index contributed by atoms with van der Waals surface area (Å²) in [5, 5.41) is 0.753. The van der Waals surface area contributed by atoms with Gasteiger partial charge in [0.2, 0.25) is 10.0 Å². The number of carbonyl (C=O) groups excluding carboxylic acids is 1. The normalized spacial score (nSPS) is 11.7. The fourth-order valence-electron chi connectivity index (χ4n) is 3.01. The van der Waals surface area contributed by atoms with Gasteiger partial charge in [0.05, 0.1) is 28.5 Å². The van der Waals surface area contributed by atoms with Crippen LogP contribution in [0.4, 0.5) is 4.39 Å². The van der Waals surface area contributed by atoms with Crippen LogP contribution in [-0.2, 0) is 26.0 Å². The molecule has 3 rings (SSSR count). The number of benzene rings is 1. The molecule has 6 nitrogen and oxygen atoms in total. The molecule has 0 aliphatic rings. The summed E-state index contributed by atoms with van der Waals surface area (Å²) in [6.07, 6.45) is 1.47. The molecule has 0 fully saturated rings. The van der Waals surface area contributed by atoms with Crippen molar-refractivity contribution in [1.29, 1.82) is 0 Å². The molecule has 0 spiro atoms. The highest BCUT2D eigenvalue weighted by atomic mass is 32.2. The second kappa shape index (κ2) is 8.56. The van der Waals surface area contributed by atoms with E-state index in [2.05, 4.69) is 4.72 Å². The predicted octanol–water partition coefficient (Wildman–Crippen LogP) is 3.55. The number of carbonyl (C=O) groups is 1. The zero-order chi connectivity index (χ0) is 21.2. The van der Waals surface area contributed by atoms with Crippen LogP contribution in [0.2, 0.25) is 0 Å². The molecule has 1 aromatic carbocycles. The number of halogens is 1. The van der Waals surface area contributed by atoms with Crippen molar-refractivity contribution in [2.24, 2.45) is 0 Å². The Morgan fingerprint density at radius 2 is 1.90 bits per heavy atom. The molecule has 0 saturated carbocycles. The SMILES string of the molecule is CCOC(=O)Cc1c(C)c(Sc2ccc(S(=O)(=O)NC)cc2)n2cc(F)ccc12. The molecule has 0 unspecified atom stereocenters. The molecular weight excluding hydrogens is 415 g/mol. The van der Waals surface area contributed by atoms with Gasteiger partial charge in [0.15, 0.2) is 0 Å². The van der Waals surface area contributed by atoms with Gasteiger partial charge in [-0.1, -0.05) is 11.8 Å². The van der Waals surface area contributed by atoms with Gasteiger partial charge in [0.25, 0.3) is 0 Å². The van der Waals surface area contributed by atoms with Crippen molar-refractivity contribution in [3.8, 4) is 0 Å². The van der Waals surface area contributed by atoms with Crippen molar-refractivity contribution in [1.82, 2.24) is 9.12 Å². The zero-order valence-electron chi connectivity index (χ0n) is 16.2. The predicted molar refractivity (Wildman–Crippen MR) is 109 cm³/mol. The molecule has 9 heteroatoms. The molecule has 0 radical (unpaired) electrons. The van der Waals surface area contributed by atoms with Gasteiger partial charge in [-0.2, -0.15) is 0 Å². The highest BCUT2D eigenvalue weighted by Crippen LogP contribution is 2.36. The van der Waals surface area contributed by atoms with E-state index < -0.39 is 15.8 Å². The second-order valence-corrected chi connectivity index (χ2v) is 9.22. The van der Waals surface area contributed by atoms with E-state index in [4.69, 9.17) is 4.74 Å². The van der Waals surface area contributed by atoms with E-state index in [1.807, 2.05) is 6.92 Å². The number of esters is 1. The highest BCUT2D eigenvalue weighted by molar-refractivity contribution is 7.99. The summed E-state index contributed by atoms with van der Waals surface area (Å²) in [7, 11) is -2.16. The van der Waals surface area contributed by atoms with Crippen LogP contribution in [0.25, 0.3) is 5.52 Å². The molecule has 0 saturated heterocycles. The Hall–Kier alpha value is -2.36. The minimum absolute atomic E-state index is 0.0920. The summed E-state index contributed by atoms with van der Waals surface area (Å²) in [6, 6.07) is 9.41. The summed E-state index contributed by atoms with van der Waals surface area (Å²) in [5.41, 5.74) is 2.36. The largest absolute Gasteiger partial charge is 0.466 e. The summed E-state index contributed by atoms with van der Waals surface area (Å²) < 4.78 is 46.7. The number of nitrogens with one attached hydrogen (secondary N) is 1. The van der Waals surface area contributed by atoms with Crippen LogP contribution in [0.15, 0.2) is 57.4 Å². The molecule has 0 amide bonds. The maximum atomic E-state index is 13.9. The van der Waals surface area contributed by atoms with Crippen LogP contribution in [0.5, 0.6) is 0 Å². The van der Waals surface area contributed by atoms with E-state index in [0.29, 0.717) is 6.61 Å². The number of pyridine rings is 1. The quantitative estimate of drug-likeness (QED) is 0.573. The molecule has 3 aromatic rings. The standard InChI is InChI=1S/C20H21FN2O4S2/c1-4-27-19(24)11-17-13(2)20(23-12-14(21)5-10-18(17)23)28-15-6-8-16(9-7-15)29(25,26)22-3/h5-10,12,22H,4,11H2,1-3H3. The number of hydrogen-bond acceptors (Lipinski definition) is 5. The molecule has 2 heterocycles. The van der Waals surface area contributed by atoms with Gasteiger partial charge >= 0.3 is 5.97 Å². The van der Waals surface area contributed by atoms with Gasteiger partial charge in [-0.05, 0) is 68.4 Å². The fourth-order valence-corrected chi connectivity index (χ4v) is 4.76. The molecule has 0 bridgehead atoms. The first-order chi connectivity index (χ1) is 13.8.